The van der Waals surface area contributed by atoms with E-state index in [0.29, 0.717) is 28.9 Å². The second-order valence-corrected chi connectivity index (χ2v) is 10.9. The van der Waals surface area contributed by atoms with E-state index in [1.54, 1.807) is 26.0 Å². The highest BCUT2D eigenvalue weighted by Gasteiger charge is 2.56. The molecular formula is C32H27NO9. The maximum Gasteiger partial charge on any atom is 0.339 e. The quantitative estimate of drug-likeness (QED) is 0.276. The number of anilines is 1. The van der Waals surface area contributed by atoms with Crippen LogP contribution in [0.3, 0.4) is 0 Å². The molecule has 3 N–H and O–H groups in total. The van der Waals surface area contributed by atoms with Gasteiger partial charge in [-0.25, -0.2) is 9.69 Å². The predicted octanol–water partition coefficient (Wildman–Crippen LogP) is 3.83. The highest BCUT2D eigenvalue weighted by atomic mass is 16.5. The molecule has 4 atom stereocenters. The molecule has 2 aromatic carbocycles. The molecule has 2 amide bonds. The number of carboxylic acid groups (broad SMARTS) is 1. The van der Waals surface area contributed by atoms with Crippen LogP contribution < -0.4 is 9.64 Å². The number of Topliss-reactive ketones (excluding diaryl/α,β-unsaturated/α-hetero) is 1. The van der Waals surface area contributed by atoms with Gasteiger partial charge in [0.2, 0.25) is 11.8 Å². The van der Waals surface area contributed by atoms with Crippen LogP contribution in [0.1, 0.15) is 48.5 Å². The fourth-order valence-corrected chi connectivity index (χ4v) is 6.82. The minimum atomic E-state index is -1.35. The number of amides is 2. The van der Waals surface area contributed by atoms with Crippen molar-refractivity contribution in [2.75, 3.05) is 11.5 Å². The summed E-state index contributed by atoms with van der Waals surface area (Å²) in [5.74, 6) is -6.23. The minimum Gasteiger partial charge on any atom is -0.507 e. The van der Waals surface area contributed by atoms with Crippen molar-refractivity contribution in [1.82, 2.24) is 0 Å². The molecule has 4 unspecified atom stereocenters. The molecule has 0 spiro atoms. The number of benzene rings is 2. The van der Waals surface area contributed by atoms with Crippen molar-refractivity contribution in [3.63, 3.8) is 0 Å². The first-order chi connectivity index (χ1) is 20.0. The lowest BCUT2D eigenvalue weighted by atomic mass is 9.59. The van der Waals surface area contributed by atoms with Gasteiger partial charge in [-0.2, -0.15) is 0 Å². The smallest absolute Gasteiger partial charge is 0.339 e. The molecule has 4 aliphatic rings. The van der Waals surface area contributed by atoms with Gasteiger partial charge in [0.1, 0.15) is 11.3 Å². The zero-order valence-corrected chi connectivity index (χ0v) is 22.8. The Kier molecular flexibility index (Phi) is 6.36. The number of allylic oxidation sites excluding steroid dienone is 6. The molecule has 0 bridgehead atoms. The Bertz CT molecular complexity index is 1710. The van der Waals surface area contributed by atoms with Gasteiger partial charge in [0, 0.05) is 28.7 Å². The molecule has 0 saturated carbocycles. The first kappa shape index (κ1) is 27.2. The number of phenols is 2. The number of hydrogen-bond acceptors (Lipinski definition) is 8. The van der Waals surface area contributed by atoms with Crippen molar-refractivity contribution in [1.29, 1.82) is 0 Å². The normalized spacial score (nSPS) is 25.0. The van der Waals surface area contributed by atoms with Crippen molar-refractivity contribution in [2.24, 2.45) is 17.8 Å². The average Bonchev–Trinajstić information content (AvgIpc) is 3.21. The molecule has 42 heavy (non-hydrogen) atoms. The second kappa shape index (κ2) is 9.83. The third-order valence-corrected chi connectivity index (χ3v) is 8.65. The SMILES string of the molecule is CCOc1cc(C2C3=CCC4C(=O)N(c5ccc(C(=O)O)c(O)c5)C(=O)C4C3CC3=C2C(=O)C(C)=CC3=O)ccc1O. The molecule has 1 fully saturated rings. The number of carboxylic acids is 1. The lowest BCUT2D eigenvalue weighted by Gasteiger charge is -2.42. The molecule has 10 heteroatoms. The Labute approximate surface area is 240 Å². The van der Waals surface area contributed by atoms with E-state index in [-0.39, 0.29) is 47.2 Å². The second-order valence-electron chi connectivity index (χ2n) is 10.9. The molecule has 1 saturated heterocycles. The highest BCUT2D eigenvalue weighted by Crippen LogP contribution is 2.56. The molecule has 214 valence electrons. The number of hydrogen-bond donors (Lipinski definition) is 3. The van der Waals surface area contributed by atoms with Crippen LogP contribution in [0.5, 0.6) is 17.2 Å². The van der Waals surface area contributed by atoms with Crippen LogP contribution in [-0.2, 0) is 19.2 Å². The predicted molar refractivity (Wildman–Crippen MR) is 148 cm³/mol. The summed E-state index contributed by atoms with van der Waals surface area (Å²) in [4.78, 5) is 66.7. The molecule has 0 aromatic heterocycles. The molecular weight excluding hydrogens is 542 g/mol. The third-order valence-electron chi connectivity index (χ3n) is 8.65. The number of carbonyl (C=O) groups is 5. The van der Waals surface area contributed by atoms with Gasteiger partial charge in [0.25, 0.3) is 0 Å². The third kappa shape index (κ3) is 3.97. The fraction of sp³-hybridized carbons (Fsp3) is 0.281. The number of phenolic OH excluding ortho intramolecular Hbond substituents is 1. The van der Waals surface area contributed by atoms with Crippen LogP contribution in [-0.4, -0.2) is 51.3 Å². The first-order valence-electron chi connectivity index (χ1n) is 13.6. The minimum absolute atomic E-state index is 0.0538. The maximum atomic E-state index is 14.0. The van der Waals surface area contributed by atoms with Crippen molar-refractivity contribution >= 4 is 35.0 Å². The number of fused-ring (bicyclic) bond motifs is 3. The van der Waals surface area contributed by atoms with E-state index >= 15 is 0 Å². The number of nitrogens with zero attached hydrogens (tertiary/aromatic N) is 1. The van der Waals surface area contributed by atoms with Crippen LogP contribution in [0.2, 0.25) is 0 Å². The van der Waals surface area contributed by atoms with Crippen LogP contribution in [0.15, 0.2) is 70.8 Å². The number of carbonyl (C=O) groups excluding carboxylic acids is 4. The summed E-state index contributed by atoms with van der Waals surface area (Å²) < 4.78 is 5.59. The Balaban J connectivity index is 1.46. The molecule has 3 aliphatic carbocycles. The summed E-state index contributed by atoms with van der Waals surface area (Å²) in [6, 6.07) is 8.28. The van der Waals surface area contributed by atoms with Crippen molar-refractivity contribution in [3.05, 3.63) is 82.0 Å². The van der Waals surface area contributed by atoms with Crippen molar-refractivity contribution in [3.8, 4) is 17.2 Å². The van der Waals surface area contributed by atoms with Gasteiger partial charge >= 0.3 is 5.97 Å². The molecule has 1 aliphatic heterocycles. The Morgan fingerprint density at radius 3 is 2.45 bits per heavy atom. The number of rotatable bonds is 5. The fourth-order valence-electron chi connectivity index (χ4n) is 6.82. The zero-order chi connectivity index (χ0) is 30.0. The van der Waals surface area contributed by atoms with E-state index in [1.807, 2.05) is 6.08 Å². The first-order valence-corrected chi connectivity index (χ1v) is 13.6. The monoisotopic (exact) mass is 569 g/mol. The van der Waals surface area contributed by atoms with Crippen molar-refractivity contribution < 1.29 is 44.0 Å². The van der Waals surface area contributed by atoms with Gasteiger partial charge in [0.15, 0.2) is 23.1 Å². The van der Waals surface area contributed by atoms with E-state index in [1.165, 1.54) is 18.2 Å². The van der Waals surface area contributed by atoms with E-state index < -0.39 is 47.2 Å². The van der Waals surface area contributed by atoms with Crippen LogP contribution in [0, 0.1) is 17.8 Å². The lowest BCUT2D eigenvalue weighted by Crippen LogP contribution is -2.39. The topological polar surface area (TPSA) is 159 Å². The largest absolute Gasteiger partial charge is 0.507 e. The number of aromatic carboxylic acids is 1. The van der Waals surface area contributed by atoms with Gasteiger partial charge in [0.05, 0.1) is 24.1 Å². The van der Waals surface area contributed by atoms with Gasteiger partial charge < -0.3 is 20.1 Å². The molecule has 10 nitrogen and oxygen atoms in total. The average molecular weight is 570 g/mol. The van der Waals surface area contributed by atoms with Crippen LogP contribution >= 0.6 is 0 Å². The summed E-state index contributed by atoms with van der Waals surface area (Å²) in [7, 11) is 0. The van der Waals surface area contributed by atoms with Gasteiger partial charge in [-0.15, -0.1) is 0 Å². The van der Waals surface area contributed by atoms with E-state index in [0.717, 1.165) is 22.6 Å². The Hall–Kier alpha value is -4.99. The van der Waals surface area contributed by atoms with Gasteiger partial charge in [-0.05, 0) is 68.5 Å². The number of ether oxygens (including phenoxy) is 1. The van der Waals surface area contributed by atoms with Crippen molar-refractivity contribution in [2.45, 2.75) is 32.6 Å². The highest BCUT2D eigenvalue weighted by molar-refractivity contribution is 6.25. The van der Waals surface area contributed by atoms with Crippen LogP contribution in [0.25, 0.3) is 0 Å². The van der Waals surface area contributed by atoms with Gasteiger partial charge in [-0.1, -0.05) is 17.7 Å². The summed E-state index contributed by atoms with van der Waals surface area (Å²) in [5.41, 5.74) is 1.98. The summed E-state index contributed by atoms with van der Waals surface area (Å²) >= 11 is 0. The number of ketones is 2. The maximum absolute atomic E-state index is 14.0. The Morgan fingerprint density at radius 1 is 1.00 bits per heavy atom. The molecule has 2 aromatic rings. The van der Waals surface area contributed by atoms with Gasteiger partial charge in [-0.3, -0.25) is 19.2 Å². The summed E-state index contributed by atoms with van der Waals surface area (Å²) in [6.07, 6.45) is 3.48. The Morgan fingerprint density at radius 2 is 1.76 bits per heavy atom. The van der Waals surface area contributed by atoms with E-state index in [9.17, 15) is 39.3 Å². The van der Waals surface area contributed by atoms with Crippen LogP contribution in [0.4, 0.5) is 5.69 Å². The standard InChI is InChI=1S/C32H27NO9/c1-3-42-25-11-15(4-9-22(25)34)26-17-7-8-19-27(20(17)13-21-23(35)10-14(2)29(37)28(21)26)31(39)33(30(19)38)16-5-6-18(32(40)41)24(36)12-16/h4-7,9-12,19-20,26-27,34,36H,3,8,13H2,1-2H3,(H,40,41). The molecule has 1 heterocycles. The van der Waals surface area contributed by atoms with E-state index in [2.05, 4.69) is 0 Å². The number of imide groups is 1. The molecule has 6 rings (SSSR count). The lowest BCUT2D eigenvalue weighted by molar-refractivity contribution is -0.123. The van der Waals surface area contributed by atoms with E-state index in [4.69, 9.17) is 4.74 Å². The zero-order valence-electron chi connectivity index (χ0n) is 22.8. The summed E-state index contributed by atoms with van der Waals surface area (Å²) in [5, 5.41) is 29.8. The number of aromatic hydroxyl groups is 2. The summed E-state index contributed by atoms with van der Waals surface area (Å²) in [6.45, 7) is 3.65. The molecule has 0 radical (unpaired) electrons.